The Labute approximate surface area is 196 Å². The van der Waals surface area contributed by atoms with Crippen LogP contribution < -0.4 is 23.8 Å². The Bertz CT molecular complexity index is 971. The lowest BCUT2D eigenvalue weighted by atomic mass is 9.86. The van der Waals surface area contributed by atoms with E-state index in [1.807, 2.05) is 32.0 Å². The molecule has 7 nitrogen and oxygen atoms in total. The van der Waals surface area contributed by atoms with Crippen LogP contribution in [0.25, 0.3) is 0 Å². The van der Waals surface area contributed by atoms with E-state index < -0.39 is 0 Å². The quantitative estimate of drug-likeness (QED) is 0.340. The summed E-state index contributed by atoms with van der Waals surface area (Å²) in [6, 6.07) is 11.9. The van der Waals surface area contributed by atoms with Crippen molar-refractivity contribution in [1.82, 2.24) is 4.90 Å². The zero-order valence-corrected chi connectivity index (χ0v) is 20.0. The molecule has 1 fully saturated rings. The summed E-state index contributed by atoms with van der Waals surface area (Å²) in [7, 11) is 3.33. The molecule has 4 rings (SSSR count). The minimum Gasteiger partial charge on any atom is -0.495 e. The largest absolute Gasteiger partial charge is 0.495 e. The third kappa shape index (κ3) is 5.03. The molecule has 2 aliphatic heterocycles. The van der Waals surface area contributed by atoms with E-state index in [2.05, 4.69) is 21.9 Å². The van der Waals surface area contributed by atoms with Crippen LogP contribution in [-0.4, -0.2) is 64.4 Å². The van der Waals surface area contributed by atoms with E-state index in [0.717, 1.165) is 56.1 Å². The zero-order valence-electron chi connectivity index (χ0n) is 20.0. The van der Waals surface area contributed by atoms with Gasteiger partial charge >= 0.3 is 5.97 Å². The topological polar surface area (TPSA) is 60.5 Å². The highest BCUT2D eigenvalue weighted by Crippen LogP contribution is 2.43. The number of para-hydroxylation sites is 2. The molecule has 1 saturated heterocycles. The van der Waals surface area contributed by atoms with Gasteiger partial charge in [0.2, 0.25) is 0 Å². The third-order valence-electron chi connectivity index (χ3n) is 6.79. The molecule has 0 aromatic heterocycles. The van der Waals surface area contributed by atoms with E-state index in [4.69, 9.17) is 18.9 Å². The lowest BCUT2D eigenvalue weighted by Crippen LogP contribution is -2.46. The normalized spacial score (nSPS) is 20.7. The van der Waals surface area contributed by atoms with Crippen molar-refractivity contribution < 1.29 is 23.7 Å². The molecule has 2 heterocycles. The highest BCUT2D eigenvalue weighted by atomic mass is 16.5. The van der Waals surface area contributed by atoms with Gasteiger partial charge in [0, 0.05) is 44.4 Å². The Morgan fingerprint density at radius 2 is 1.67 bits per heavy atom. The van der Waals surface area contributed by atoms with Crippen LogP contribution >= 0.6 is 0 Å². The molecule has 33 heavy (non-hydrogen) atoms. The molecule has 7 heteroatoms. The fraction of sp³-hybridized carbons (Fsp3) is 0.500. The van der Waals surface area contributed by atoms with Gasteiger partial charge in [-0.1, -0.05) is 26.0 Å². The molecule has 0 radical (unpaired) electrons. The number of ether oxygens (including phenoxy) is 4. The summed E-state index contributed by atoms with van der Waals surface area (Å²) in [5.41, 5.74) is 2.15. The molecular formula is C26H34N2O5. The van der Waals surface area contributed by atoms with Crippen molar-refractivity contribution in [3.8, 4) is 23.0 Å². The van der Waals surface area contributed by atoms with Crippen LogP contribution in [0.5, 0.6) is 23.0 Å². The SMILES string of the molecule is COc1cc2c(cc1OCCCN1CCN(c3ccccc3OC)CC1)C(C)C(C)C(=O)O2. The van der Waals surface area contributed by atoms with Crippen molar-refractivity contribution in [3.05, 3.63) is 42.0 Å². The Kier molecular flexibility index (Phi) is 7.28. The van der Waals surface area contributed by atoms with Gasteiger partial charge in [-0.15, -0.1) is 0 Å². The van der Waals surface area contributed by atoms with Crippen molar-refractivity contribution >= 4 is 11.7 Å². The van der Waals surface area contributed by atoms with E-state index in [0.29, 0.717) is 23.9 Å². The highest BCUT2D eigenvalue weighted by molar-refractivity contribution is 5.79. The van der Waals surface area contributed by atoms with Crippen LogP contribution in [0.2, 0.25) is 0 Å². The number of carbonyl (C=O) groups excluding carboxylic acids is 1. The molecule has 2 aromatic rings. The maximum Gasteiger partial charge on any atom is 0.314 e. The van der Waals surface area contributed by atoms with Crippen molar-refractivity contribution in [2.75, 3.05) is 58.5 Å². The van der Waals surface area contributed by atoms with E-state index in [1.165, 1.54) is 0 Å². The van der Waals surface area contributed by atoms with Gasteiger partial charge in [0.1, 0.15) is 11.5 Å². The number of hydrogen-bond donors (Lipinski definition) is 0. The van der Waals surface area contributed by atoms with Crippen molar-refractivity contribution in [2.45, 2.75) is 26.2 Å². The van der Waals surface area contributed by atoms with Crippen LogP contribution in [0.3, 0.4) is 0 Å². The molecule has 0 N–H and O–H groups in total. The molecule has 0 aliphatic carbocycles. The molecule has 0 saturated carbocycles. The number of fused-ring (bicyclic) bond motifs is 1. The second-order valence-corrected chi connectivity index (χ2v) is 8.74. The van der Waals surface area contributed by atoms with Gasteiger partial charge in [0.05, 0.1) is 32.4 Å². The number of hydrogen-bond acceptors (Lipinski definition) is 7. The number of methoxy groups -OCH3 is 2. The molecule has 2 aromatic carbocycles. The summed E-state index contributed by atoms with van der Waals surface area (Å²) in [5, 5.41) is 0. The number of nitrogens with zero attached hydrogens (tertiary/aromatic N) is 2. The Morgan fingerprint density at radius 1 is 0.939 bits per heavy atom. The lowest BCUT2D eigenvalue weighted by Gasteiger charge is -2.36. The first kappa shape index (κ1) is 23.2. The molecule has 2 unspecified atom stereocenters. The average molecular weight is 455 g/mol. The fourth-order valence-corrected chi connectivity index (χ4v) is 4.52. The van der Waals surface area contributed by atoms with E-state index >= 15 is 0 Å². The first-order valence-corrected chi connectivity index (χ1v) is 11.7. The first-order valence-electron chi connectivity index (χ1n) is 11.7. The summed E-state index contributed by atoms with van der Waals surface area (Å²) in [6.45, 7) is 9.52. The molecule has 2 atom stereocenters. The van der Waals surface area contributed by atoms with E-state index in [9.17, 15) is 4.79 Å². The summed E-state index contributed by atoms with van der Waals surface area (Å²) >= 11 is 0. The van der Waals surface area contributed by atoms with Gasteiger partial charge in [0.25, 0.3) is 0 Å². The van der Waals surface area contributed by atoms with Crippen LogP contribution in [0.1, 0.15) is 31.7 Å². The van der Waals surface area contributed by atoms with Crippen LogP contribution in [0.15, 0.2) is 36.4 Å². The van der Waals surface area contributed by atoms with Crippen molar-refractivity contribution in [2.24, 2.45) is 5.92 Å². The van der Waals surface area contributed by atoms with E-state index in [-0.39, 0.29) is 17.8 Å². The van der Waals surface area contributed by atoms with Crippen LogP contribution in [0, 0.1) is 5.92 Å². The second-order valence-electron chi connectivity index (χ2n) is 8.74. The Balaban J connectivity index is 1.28. The third-order valence-corrected chi connectivity index (χ3v) is 6.79. The lowest BCUT2D eigenvalue weighted by molar-refractivity contribution is -0.140. The predicted molar refractivity (Wildman–Crippen MR) is 128 cm³/mol. The van der Waals surface area contributed by atoms with Crippen molar-refractivity contribution in [3.63, 3.8) is 0 Å². The minimum absolute atomic E-state index is 0.0778. The number of carbonyl (C=O) groups is 1. The molecule has 0 bridgehead atoms. The van der Waals surface area contributed by atoms with E-state index in [1.54, 1.807) is 20.3 Å². The molecule has 0 spiro atoms. The molecule has 178 valence electrons. The van der Waals surface area contributed by atoms with Gasteiger partial charge in [-0.05, 0) is 30.5 Å². The first-order chi connectivity index (χ1) is 16.0. The number of esters is 1. The second kappa shape index (κ2) is 10.3. The van der Waals surface area contributed by atoms with Crippen molar-refractivity contribution in [1.29, 1.82) is 0 Å². The maximum absolute atomic E-state index is 12.0. The van der Waals surface area contributed by atoms with Gasteiger partial charge in [0.15, 0.2) is 11.5 Å². The van der Waals surface area contributed by atoms with Gasteiger partial charge < -0.3 is 23.8 Å². The number of piperazine rings is 1. The Morgan fingerprint density at radius 3 is 2.39 bits per heavy atom. The average Bonchev–Trinajstić information content (AvgIpc) is 2.85. The maximum atomic E-state index is 12.0. The molecule has 2 aliphatic rings. The smallest absolute Gasteiger partial charge is 0.314 e. The summed E-state index contributed by atoms with van der Waals surface area (Å²) in [6.07, 6.45) is 0.926. The monoisotopic (exact) mass is 454 g/mol. The highest BCUT2D eigenvalue weighted by Gasteiger charge is 2.33. The summed E-state index contributed by atoms with van der Waals surface area (Å²) in [4.78, 5) is 16.9. The van der Waals surface area contributed by atoms with Crippen LogP contribution in [0.4, 0.5) is 5.69 Å². The number of rotatable bonds is 8. The van der Waals surface area contributed by atoms with Gasteiger partial charge in [-0.25, -0.2) is 0 Å². The standard InChI is InChI=1S/C26H34N2O5/c1-18-19(2)26(29)33-23-17-24(31-4)25(16-20(18)23)32-15-7-10-27-11-13-28(14-12-27)21-8-5-6-9-22(21)30-3/h5-6,8-9,16-19H,7,10-15H2,1-4H3. The number of anilines is 1. The zero-order chi connectivity index (χ0) is 23.4. The predicted octanol–water partition coefficient (Wildman–Crippen LogP) is 3.95. The summed E-state index contributed by atoms with van der Waals surface area (Å²) in [5.74, 6) is 2.50. The minimum atomic E-state index is -0.198. The van der Waals surface area contributed by atoms with Gasteiger partial charge in [-0.2, -0.15) is 0 Å². The number of benzene rings is 2. The fourth-order valence-electron chi connectivity index (χ4n) is 4.52. The van der Waals surface area contributed by atoms with Gasteiger partial charge in [-0.3, -0.25) is 9.69 Å². The Hall–Kier alpha value is -2.93. The molecule has 0 amide bonds. The molecular weight excluding hydrogens is 420 g/mol. The summed E-state index contributed by atoms with van der Waals surface area (Å²) < 4.78 is 22.6. The van der Waals surface area contributed by atoms with Crippen LogP contribution in [-0.2, 0) is 4.79 Å².